The maximum Gasteiger partial charge on any atom is 0.255 e. The molecule has 0 heterocycles. The highest BCUT2D eigenvalue weighted by molar-refractivity contribution is 5.99. The van der Waals surface area contributed by atoms with Crippen LogP contribution in [-0.2, 0) is 10.2 Å². The SMILES string of the molecule is CCC(=O)Nc1ccc(O)c(C(=O)NCC(C)(C)c2cccc(F)c2)c1. The molecule has 0 fully saturated rings. The molecule has 0 unspecified atom stereocenters. The summed E-state index contributed by atoms with van der Waals surface area (Å²) in [7, 11) is 0. The van der Waals surface area contributed by atoms with Crippen molar-refractivity contribution in [2.45, 2.75) is 32.6 Å². The average Bonchev–Trinajstić information content (AvgIpc) is 2.61. The number of aromatic hydroxyl groups is 1. The van der Waals surface area contributed by atoms with E-state index in [1.54, 1.807) is 19.1 Å². The lowest BCUT2D eigenvalue weighted by Crippen LogP contribution is -2.36. The molecule has 2 rings (SSSR count). The number of hydrogen-bond donors (Lipinski definition) is 3. The van der Waals surface area contributed by atoms with Crippen LogP contribution in [0, 0.1) is 5.82 Å². The Bertz CT molecular complexity index is 818. The van der Waals surface area contributed by atoms with Gasteiger partial charge >= 0.3 is 0 Å². The van der Waals surface area contributed by atoms with E-state index in [1.165, 1.54) is 30.3 Å². The zero-order chi connectivity index (χ0) is 19.3. The first-order valence-corrected chi connectivity index (χ1v) is 8.40. The Kier molecular flexibility index (Phi) is 5.97. The van der Waals surface area contributed by atoms with Crippen molar-refractivity contribution in [2.75, 3.05) is 11.9 Å². The van der Waals surface area contributed by atoms with Crippen LogP contribution in [0.5, 0.6) is 5.75 Å². The smallest absolute Gasteiger partial charge is 0.255 e. The number of benzene rings is 2. The van der Waals surface area contributed by atoms with Gasteiger partial charge in [0.05, 0.1) is 5.56 Å². The highest BCUT2D eigenvalue weighted by atomic mass is 19.1. The Hall–Kier alpha value is -2.89. The van der Waals surface area contributed by atoms with Gasteiger partial charge in [-0.2, -0.15) is 0 Å². The van der Waals surface area contributed by atoms with Crippen LogP contribution in [0.3, 0.4) is 0 Å². The fraction of sp³-hybridized carbons (Fsp3) is 0.300. The van der Waals surface area contributed by atoms with Crippen molar-refractivity contribution >= 4 is 17.5 Å². The molecular formula is C20H23FN2O3. The molecule has 3 N–H and O–H groups in total. The van der Waals surface area contributed by atoms with Gasteiger partial charge in [-0.3, -0.25) is 9.59 Å². The molecule has 0 aliphatic carbocycles. The van der Waals surface area contributed by atoms with Gasteiger partial charge in [0.25, 0.3) is 5.91 Å². The third-order valence-electron chi connectivity index (χ3n) is 4.14. The van der Waals surface area contributed by atoms with Gasteiger partial charge in [-0.1, -0.05) is 32.9 Å². The van der Waals surface area contributed by atoms with Crippen molar-refractivity contribution in [3.05, 3.63) is 59.4 Å². The summed E-state index contributed by atoms with van der Waals surface area (Å²) in [6.07, 6.45) is 0.310. The summed E-state index contributed by atoms with van der Waals surface area (Å²) >= 11 is 0. The van der Waals surface area contributed by atoms with Crippen molar-refractivity contribution in [2.24, 2.45) is 0 Å². The number of anilines is 1. The van der Waals surface area contributed by atoms with Gasteiger partial charge in [-0.25, -0.2) is 4.39 Å². The van der Waals surface area contributed by atoms with Gasteiger partial charge in [0, 0.05) is 24.1 Å². The van der Waals surface area contributed by atoms with Crippen LogP contribution in [0.15, 0.2) is 42.5 Å². The number of nitrogens with one attached hydrogen (secondary N) is 2. The summed E-state index contributed by atoms with van der Waals surface area (Å²) in [5.41, 5.74) is 0.755. The monoisotopic (exact) mass is 358 g/mol. The quantitative estimate of drug-likeness (QED) is 0.691. The molecule has 5 nitrogen and oxygen atoms in total. The van der Waals surface area contributed by atoms with E-state index in [0.29, 0.717) is 12.1 Å². The van der Waals surface area contributed by atoms with E-state index in [1.807, 2.05) is 13.8 Å². The summed E-state index contributed by atoms with van der Waals surface area (Å²) in [6, 6.07) is 10.5. The Morgan fingerprint density at radius 1 is 1.15 bits per heavy atom. The first-order valence-electron chi connectivity index (χ1n) is 8.40. The number of phenols is 1. The zero-order valence-corrected chi connectivity index (χ0v) is 15.1. The summed E-state index contributed by atoms with van der Waals surface area (Å²) in [5, 5.41) is 15.4. The summed E-state index contributed by atoms with van der Waals surface area (Å²) < 4.78 is 13.4. The highest BCUT2D eigenvalue weighted by Crippen LogP contribution is 2.25. The predicted octanol–water partition coefficient (Wildman–Crippen LogP) is 3.59. The van der Waals surface area contributed by atoms with Crippen LogP contribution in [0.1, 0.15) is 43.1 Å². The Balaban J connectivity index is 2.12. The van der Waals surface area contributed by atoms with Crippen LogP contribution in [0.25, 0.3) is 0 Å². The van der Waals surface area contributed by atoms with Crippen LogP contribution in [-0.4, -0.2) is 23.5 Å². The second kappa shape index (κ2) is 7.99. The lowest BCUT2D eigenvalue weighted by Gasteiger charge is -2.26. The zero-order valence-electron chi connectivity index (χ0n) is 15.1. The molecule has 26 heavy (non-hydrogen) atoms. The van der Waals surface area contributed by atoms with Crippen molar-refractivity contribution in [3.8, 4) is 5.75 Å². The number of rotatable bonds is 6. The Morgan fingerprint density at radius 2 is 1.88 bits per heavy atom. The van der Waals surface area contributed by atoms with E-state index in [9.17, 15) is 19.1 Å². The fourth-order valence-electron chi connectivity index (χ4n) is 2.45. The van der Waals surface area contributed by atoms with Crippen molar-refractivity contribution in [3.63, 3.8) is 0 Å². The van der Waals surface area contributed by atoms with Crippen LogP contribution in [0.4, 0.5) is 10.1 Å². The fourth-order valence-corrected chi connectivity index (χ4v) is 2.45. The topological polar surface area (TPSA) is 78.4 Å². The second-order valence-electron chi connectivity index (χ2n) is 6.71. The van der Waals surface area contributed by atoms with Gasteiger partial charge in [0.1, 0.15) is 11.6 Å². The van der Waals surface area contributed by atoms with Gasteiger partial charge in [0.2, 0.25) is 5.91 Å². The minimum absolute atomic E-state index is 0.0638. The first kappa shape index (κ1) is 19.4. The second-order valence-corrected chi connectivity index (χ2v) is 6.71. The largest absolute Gasteiger partial charge is 0.507 e. The molecule has 0 spiro atoms. The molecule has 0 saturated carbocycles. The Morgan fingerprint density at radius 3 is 2.54 bits per heavy atom. The average molecular weight is 358 g/mol. The van der Waals surface area contributed by atoms with E-state index in [-0.39, 0.29) is 29.6 Å². The standard InChI is InChI=1S/C20H23FN2O3/c1-4-18(25)23-15-8-9-17(24)16(11-15)19(26)22-12-20(2,3)13-6-5-7-14(21)10-13/h5-11,24H,4,12H2,1-3H3,(H,22,26)(H,23,25). The normalized spacial score (nSPS) is 11.1. The number of carbonyl (C=O) groups is 2. The maximum atomic E-state index is 13.4. The number of halogens is 1. The van der Waals surface area contributed by atoms with Crippen LogP contribution in [0.2, 0.25) is 0 Å². The predicted molar refractivity (Wildman–Crippen MR) is 98.8 cm³/mol. The molecule has 2 amide bonds. The summed E-state index contributed by atoms with van der Waals surface area (Å²) in [6.45, 7) is 5.75. The molecule has 6 heteroatoms. The molecule has 0 aromatic heterocycles. The molecular weight excluding hydrogens is 335 g/mol. The molecule has 0 aliphatic heterocycles. The van der Waals surface area contributed by atoms with Gasteiger partial charge in [-0.15, -0.1) is 0 Å². The molecule has 0 aliphatic rings. The van der Waals surface area contributed by atoms with Crippen molar-refractivity contribution in [1.29, 1.82) is 0 Å². The van der Waals surface area contributed by atoms with Gasteiger partial charge in [0.15, 0.2) is 0 Å². The van der Waals surface area contributed by atoms with E-state index >= 15 is 0 Å². The Labute approximate surface area is 152 Å². The molecule has 2 aromatic rings. The van der Waals surface area contributed by atoms with Crippen molar-refractivity contribution in [1.82, 2.24) is 5.32 Å². The lowest BCUT2D eigenvalue weighted by molar-refractivity contribution is -0.115. The van der Waals surface area contributed by atoms with E-state index in [0.717, 1.165) is 5.56 Å². The lowest BCUT2D eigenvalue weighted by atomic mass is 9.84. The minimum atomic E-state index is -0.499. The van der Waals surface area contributed by atoms with Crippen molar-refractivity contribution < 1.29 is 19.1 Å². The molecule has 0 saturated heterocycles. The highest BCUT2D eigenvalue weighted by Gasteiger charge is 2.23. The number of amides is 2. The molecule has 2 aromatic carbocycles. The molecule has 0 bridgehead atoms. The third-order valence-corrected chi connectivity index (χ3v) is 4.14. The third kappa shape index (κ3) is 4.81. The summed E-state index contributed by atoms with van der Waals surface area (Å²) in [4.78, 5) is 23.9. The minimum Gasteiger partial charge on any atom is -0.507 e. The maximum absolute atomic E-state index is 13.4. The number of carbonyl (C=O) groups excluding carboxylic acids is 2. The van der Waals surface area contributed by atoms with Gasteiger partial charge < -0.3 is 15.7 Å². The first-order chi connectivity index (χ1) is 12.2. The van der Waals surface area contributed by atoms with Crippen LogP contribution < -0.4 is 10.6 Å². The number of phenolic OH excluding ortho intramolecular Hbond substituents is 1. The molecule has 138 valence electrons. The molecule has 0 radical (unpaired) electrons. The van der Waals surface area contributed by atoms with E-state index < -0.39 is 11.3 Å². The van der Waals surface area contributed by atoms with E-state index in [2.05, 4.69) is 10.6 Å². The van der Waals surface area contributed by atoms with E-state index in [4.69, 9.17) is 0 Å². The van der Waals surface area contributed by atoms with Gasteiger partial charge in [-0.05, 0) is 35.9 Å². The van der Waals surface area contributed by atoms with Crippen LogP contribution >= 0.6 is 0 Å². The number of hydrogen-bond acceptors (Lipinski definition) is 3. The summed E-state index contributed by atoms with van der Waals surface area (Å²) in [5.74, 6) is -1.17. The molecule has 0 atom stereocenters.